The van der Waals surface area contributed by atoms with E-state index in [1.807, 2.05) is 29.2 Å². The van der Waals surface area contributed by atoms with Crippen molar-refractivity contribution in [2.45, 2.75) is 31.4 Å². The molecule has 0 saturated carbocycles. The lowest BCUT2D eigenvalue weighted by molar-refractivity contribution is -0.135. The zero-order chi connectivity index (χ0) is 27.2. The molecule has 0 spiro atoms. The van der Waals surface area contributed by atoms with E-state index in [9.17, 15) is 9.59 Å². The molecule has 2 aliphatic rings. The number of hydrogen-bond donors (Lipinski definition) is 0. The van der Waals surface area contributed by atoms with Gasteiger partial charge in [0.2, 0.25) is 5.91 Å². The molecule has 9 heteroatoms. The van der Waals surface area contributed by atoms with Crippen molar-refractivity contribution in [1.82, 2.24) is 9.80 Å². The average molecular weight is 551 g/mol. The zero-order valence-electron chi connectivity index (χ0n) is 22.3. The Balaban J connectivity index is 1.35. The maximum absolute atomic E-state index is 13.9. The van der Waals surface area contributed by atoms with E-state index >= 15 is 0 Å². The summed E-state index contributed by atoms with van der Waals surface area (Å²) in [6, 6.07) is 16.3. The van der Waals surface area contributed by atoms with Gasteiger partial charge >= 0.3 is 0 Å². The minimum absolute atomic E-state index is 0.0367. The number of carbonyl (C=O) groups is 2. The fraction of sp³-hybridized carbons (Fsp3) is 0.400. The summed E-state index contributed by atoms with van der Waals surface area (Å²) in [6.45, 7) is 1.88. The van der Waals surface area contributed by atoms with Gasteiger partial charge in [0.25, 0.3) is 5.91 Å². The summed E-state index contributed by atoms with van der Waals surface area (Å²) in [4.78, 5) is 32.3. The summed E-state index contributed by atoms with van der Waals surface area (Å²) in [7, 11) is 3.19. The maximum atomic E-state index is 13.9. The van der Waals surface area contributed by atoms with Crippen LogP contribution < -0.4 is 14.2 Å². The number of methoxy groups -OCH3 is 2. The molecule has 1 saturated heterocycles. The van der Waals surface area contributed by atoms with E-state index in [4.69, 9.17) is 18.9 Å². The highest BCUT2D eigenvalue weighted by atomic mass is 32.1. The highest BCUT2D eigenvalue weighted by Crippen LogP contribution is 2.34. The van der Waals surface area contributed by atoms with E-state index in [0.717, 1.165) is 24.8 Å². The third-order valence-electron chi connectivity index (χ3n) is 7.24. The van der Waals surface area contributed by atoms with Gasteiger partial charge in [0.15, 0.2) is 0 Å². The zero-order valence-corrected chi connectivity index (χ0v) is 23.2. The van der Waals surface area contributed by atoms with Crippen LogP contribution in [0.3, 0.4) is 0 Å². The molecule has 39 heavy (non-hydrogen) atoms. The van der Waals surface area contributed by atoms with Crippen molar-refractivity contribution >= 4 is 23.2 Å². The quantitative estimate of drug-likeness (QED) is 0.368. The number of carbonyl (C=O) groups excluding carboxylic acids is 2. The highest BCUT2D eigenvalue weighted by molar-refractivity contribution is 7.10. The molecule has 5 rings (SSSR count). The smallest absolute Gasteiger partial charge is 0.254 e. The van der Waals surface area contributed by atoms with Gasteiger partial charge in [-0.05, 0) is 66.6 Å². The van der Waals surface area contributed by atoms with Gasteiger partial charge < -0.3 is 28.7 Å². The van der Waals surface area contributed by atoms with Crippen molar-refractivity contribution in [2.75, 3.05) is 47.1 Å². The Labute approximate surface area is 233 Å². The molecule has 0 bridgehead atoms. The minimum Gasteiger partial charge on any atom is -0.497 e. The Morgan fingerprint density at radius 2 is 1.82 bits per heavy atom. The topological polar surface area (TPSA) is 77.5 Å². The van der Waals surface area contributed by atoms with E-state index < -0.39 is 0 Å². The number of thiophene rings is 1. The Bertz CT molecular complexity index is 1290. The number of nitrogens with zero attached hydrogens (tertiary/aromatic N) is 2. The first-order valence-corrected chi connectivity index (χ1v) is 14.1. The third-order valence-corrected chi connectivity index (χ3v) is 8.24. The van der Waals surface area contributed by atoms with Crippen LogP contribution in [0.15, 0.2) is 60.0 Å². The molecule has 2 amide bonds. The summed E-state index contributed by atoms with van der Waals surface area (Å²) < 4.78 is 22.6. The van der Waals surface area contributed by atoms with Crippen molar-refractivity contribution in [2.24, 2.45) is 0 Å². The Morgan fingerprint density at radius 3 is 2.59 bits per heavy atom. The number of amides is 2. The average Bonchev–Trinajstić information content (AvgIpc) is 3.67. The van der Waals surface area contributed by atoms with Gasteiger partial charge in [0.05, 0.1) is 26.4 Å². The fourth-order valence-corrected chi connectivity index (χ4v) is 6.12. The summed E-state index contributed by atoms with van der Waals surface area (Å²) >= 11 is 1.71. The van der Waals surface area contributed by atoms with Crippen LogP contribution in [0, 0.1) is 0 Å². The SMILES string of the molecule is COc1cccc(OC[C@@H]2c3ccsc3CCN2C(=O)CN(C[C@@H]2CCCO2)C(=O)c2cccc(OC)c2)c1. The summed E-state index contributed by atoms with van der Waals surface area (Å²) in [5, 5.41) is 2.06. The van der Waals surface area contributed by atoms with E-state index in [1.54, 1.807) is 54.7 Å². The lowest BCUT2D eigenvalue weighted by Gasteiger charge is -2.37. The summed E-state index contributed by atoms with van der Waals surface area (Å²) in [6.07, 6.45) is 2.53. The molecule has 1 aromatic heterocycles. The van der Waals surface area contributed by atoms with Crippen LogP contribution in [-0.2, 0) is 16.0 Å². The van der Waals surface area contributed by atoms with Gasteiger partial charge in [-0.25, -0.2) is 0 Å². The second-order valence-electron chi connectivity index (χ2n) is 9.69. The molecule has 1 fully saturated rings. The van der Waals surface area contributed by atoms with Crippen LogP contribution in [0.1, 0.15) is 39.7 Å². The van der Waals surface area contributed by atoms with Crippen LogP contribution in [0.5, 0.6) is 17.2 Å². The van der Waals surface area contributed by atoms with Crippen LogP contribution in [0.2, 0.25) is 0 Å². The van der Waals surface area contributed by atoms with Crippen LogP contribution in [0.4, 0.5) is 0 Å². The highest BCUT2D eigenvalue weighted by Gasteiger charge is 2.34. The summed E-state index contributed by atoms with van der Waals surface area (Å²) in [5.41, 5.74) is 1.59. The van der Waals surface area contributed by atoms with Gasteiger partial charge in [0, 0.05) is 36.2 Å². The van der Waals surface area contributed by atoms with Crippen molar-refractivity contribution < 1.29 is 28.5 Å². The van der Waals surface area contributed by atoms with Gasteiger partial charge in [-0.1, -0.05) is 12.1 Å². The molecule has 0 aliphatic carbocycles. The predicted molar refractivity (Wildman–Crippen MR) is 149 cm³/mol. The van der Waals surface area contributed by atoms with E-state index in [1.165, 1.54) is 4.88 Å². The standard InChI is InChI=1S/C30H34N2O6S/c1-35-22-7-3-6-21(16-22)30(34)31(18-25-10-5-14-37-25)19-29(33)32-13-11-28-26(12-15-39-28)27(32)20-38-24-9-4-8-23(17-24)36-2/h3-4,6-9,12,15-17,25,27H,5,10-11,13-14,18-20H2,1-2H3/t25-,27+/m0/s1. The molecule has 2 atom stereocenters. The Kier molecular flexibility index (Phi) is 8.68. The second-order valence-corrected chi connectivity index (χ2v) is 10.7. The molecule has 8 nitrogen and oxygen atoms in total. The molecule has 0 unspecified atom stereocenters. The van der Waals surface area contributed by atoms with Crippen molar-refractivity contribution in [3.05, 3.63) is 76.0 Å². The molecule has 0 N–H and O–H groups in total. The molecular weight excluding hydrogens is 516 g/mol. The lowest BCUT2D eigenvalue weighted by atomic mass is 10.00. The number of ether oxygens (including phenoxy) is 4. The molecular formula is C30H34N2O6S. The lowest BCUT2D eigenvalue weighted by Crippen LogP contribution is -2.49. The first-order valence-electron chi connectivity index (χ1n) is 13.2. The third kappa shape index (κ3) is 6.37. The number of hydrogen-bond acceptors (Lipinski definition) is 7. The minimum atomic E-state index is -0.254. The van der Waals surface area contributed by atoms with Crippen LogP contribution in [-0.4, -0.2) is 74.8 Å². The van der Waals surface area contributed by atoms with Gasteiger partial charge in [-0.15, -0.1) is 11.3 Å². The largest absolute Gasteiger partial charge is 0.497 e. The van der Waals surface area contributed by atoms with E-state index in [0.29, 0.717) is 49.1 Å². The monoisotopic (exact) mass is 550 g/mol. The molecule has 0 radical (unpaired) electrons. The first-order chi connectivity index (χ1) is 19.1. The van der Waals surface area contributed by atoms with Crippen LogP contribution in [0.25, 0.3) is 0 Å². The second kappa shape index (κ2) is 12.5. The van der Waals surface area contributed by atoms with Crippen LogP contribution >= 0.6 is 11.3 Å². The first kappa shape index (κ1) is 27.0. The maximum Gasteiger partial charge on any atom is 0.254 e. The van der Waals surface area contributed by atoms with Crippen molar-refractivity contribution in [1.29, 1.82) is 0 Å². The molecule has 3 aromatic rings. The normalized spacial score (nSPS) is 18.4. The van der Waals surface area contributed by atoms with Gasteiger partial charge in [-0.2, -0.15) is 0 Å². The Hall–Kier alpha value is -3.56. The molecule has 3 heterocycles. The van der Waals surface area contributed by atoms with E-state index in [2.05, 4.69) is 11.4 Å². The molecule has 206 valence electrons. The van der Waals surface area contributed by atoms with Gasteiger partial charge in [-0.3, -0.25) is 9.59 Å². The molecule has 2 aliphatic heterocycles. The predicted octanol–water partition coefficient (Wildman–Crippen LogP) is 4.59. The van der Waals surface area contributed by atoms with Crippen molar-refractivity contribution in [3.8, 4) is 17.2 Å². The number of fused-ring (bicyclic) bond motifs is 1. The number of rotatable bonds is 10. The summed E-state index contributed by atoms with van der Waals surface area (Å²) in [5.74, 6) is 1.66. The Morgan fingerprint density at radius 1 is 1.05 bits per heavy atom. The van der Waals surface area contributed by atoms with Crippen molar-refractivity contribution in [3.63, 3.8) is 0 Å². The van der Waals surface area contributed by atoms with E-state index in [-0.39, 0.29) is 30.5 Å². The number of benzene rings is 2. The molecule has 2 aromatic carbocycles. The fourth-order valence-electron chi connectivity index (χ4n) is 5.19. The van der Waals surface area contributed by atoms with Gasteiger partial charge in [0.1, 0.15) is 30.4 Å².